The topological polar surface area (TPSA) is 20.2 Å². The number of benzene rings is 3. The summed E-state index contributed by atoms with van der Waals surface area (Å²) in [7, 11) is 0. The predicted molar refractivity (Wildman–Crippen MR) is 78.6 cm³/mol. The fourth-order valence-electron chi connectivity index (χ4n) is 3.11. The van der Waals surface area contributed by atoms with Gasteiger partial charge >= 0.3 is 0 Å². The lowest BCUT2D eigenvalue weighted by Crippen LogP contribution is -1.85. The highest BCUT2D eigenvalue weighted by Crippen LogP contribution is 2.41. The minimum atomic E-state index is 0.386. The molecule has 0 radical (unpaired) electrons. The monoisotopic (exact) mass is 246 g/mol. The van der Waals surface area contributed by atoms with Crippen molar-refractivity contribution in [2.45, 2.75) is 13.3 Å². The second-order valence-electron chi connectivity index (χ2n) is 5.29. The van der Waals surface area contributed by atoms with Crippen molar-refractivity contribution in [1.29, 1.82) is 0 Å². The molecule has 92 valence electrons. The molecule has 1 aliphatic carbocycles. The standard InChI is InChI=1S/C18H14O/c1-11-8-13-6-7-15-14-5-3-2-4-12(14)9-17(15)16(13)10-18(11)19/h2-8,10,19H,9H2,1H3. The third-order valence-electron chi connectivity index (χ3n) is 4.12. The molecule has 1 nitrogen and oxygen atoms in total. The fourth-order valence-corrected chi connectivity index (χ4v) is 3.11. The molecule has 0 atom stereocenters. The average molecular weight is 246 g/mol. The molecular weight excluding hydrogens is 232 g/mol. The number of phenolic OH excluding ortho intramolecular Hbond substituents is 1. The second kappa shape index (κ2) is 3.61. The Morgan fingerprint density at radius 1 is 0.947 bits per heavy atom. The van der Waals surface area contributed by atoms with Gasteiger partial charge in [0.1, 0.15) is 5.75 Å². The molecule has 0 saturated carbocycles. The van der Waals surface area contributed by atoms with E-state index in [0.29, 0.717) is 5.75 Å². The van der Waals surface area contributed by atoms with Crippen molar-refractivity contribution in [3.05, 3.63) is 65.2 Å². The summed E-state index contributed by atoms with van der Waals surface area (Å²) in [5.41, 5.74) is 6.30. The van der Waals surface area contributed by atoms with E-state index in [-0.39, 0.29) is 0 Å². The number of phenols is 1. The number of rotatable bonds is 0. The van der Waals surface area contributed by atoms with E-state index in [1.807, 2.05) is 13.0 Å². The average Bonchev–Trinajstić information content (AvgIpc) is 2.79. The molecule has 0 spiro atoms. The van der Waals surface area contributed by atoms with Crippen LogP contribution >= 0.6 is 0 Å². The molecule has 3 aromatic rings. The van der Waals surface area contributed by atoms with Crippen LogP contribution in [-0.4, -0.2) is 5.11 Å². The van der Waals surface area contributed by atoms with Gasteiger partial charge in [-0.25, -0.2) is 0 Å². The van der Waals surface area contributed by atoms with E-state index in [1.165, 1.54) is 33.0 Å². The molecule has 1 N–H and O–H groups in total. The van der Waals surface area contributed by atoms with Crippen molar-refractivity contribution in [3.8, 4) is 16.9 Å². The maximum atomic E-state index is 9.97. The van der Waals surface area contributed by atoms with Crippen molar-refractivity contribution in [3.63, 3.8) is 0 Å². The Hall–Kier alpha value is -2.28. The van der Waals surface area contributed by atoms with Crippen LogP contribution in [0.25, 0.3) is 21.9 Å². The van der Waals surface area contributed by atoms with Crippen LogP contribution in [0.5, 0.6) is 5.75 Å². The lowest BCUT2D eigenvalue weighted by atomic mass is 9.97. The van der Waals surface area contributed by atoms with E-state index < -0.39 is 0 Å². The molecule has 0 fully saturated rings. The molecular formula is C18H14O. The van der Waals surface area contributed by atoms with Gasteiger partial charge in [-0.05, 0) is 64.1 Å². The minimum absolute atomic E-state index is 0.386. The number of hydrogen-bond donors (Lipinski definition) is 1. The zero-order valence-corrected chi connectivity index (χ0v) is 10.8. The summed E-state index contributed by atoms with van der Waals surface area (Å²) in [5, 5.41) is 12.4. The lowest BCUT2D eigenvalue weighted by Gasteiger charge is -2.08. The number of hydrogen-bond acceptors (Lipinski definition) is 1. The normalized spacial score (nSPS) is 12.5. The summed E-state index contributed by atoms with van der Waals surface area (Å²) < 4.78 is 0. The van der Waals surface area contributed by atoms with E-state index in [2.05, 4.69) is 42.5 Å². The Morgan fingerprint density at radius 2 is 1.79 bits per heavy atom. The van der Waals surface area contributed by atoms with E-state index in [4.69, 9.17) is 0 Å². The van der Waals surface area contributed by atoms with Crippen molar-refractivity contribution in [2.24, 2.45) is 0 Å². The molecule has 0 unspecified atom stereocenters. The van der Waals surface area contributed by atoms with Crippen molar-refractivity contribution >= 4 is 10.8 Å². The number of fused-ring (bicyclic) bond motifs is 5. The summed E-state index contributed by atoms with van der Waals surface area (Å²) in [4.78, 5) is 0. The van der Waals surface area contributed by atoms with Gasteiger partial charge in [0.2, 0.25) is 0 Å². The van der Waals surface area contributed by atoms with Crippen LogP contribution in [0.2, 0.25) is 0 Å². The van der Waals surface area contributed by atoms with Crippen LogP contribution in [-0.2, 0) is 6.42 Å². The van der Waals surface area contributed by atoms with Crippen LogP contribution in [0.1, 0.15) is 16.7 Å². The maximum absolute atomic E-state index is 9.97. The molecule has 0 amide bonds. The number of aryl methyl sites for hydroxylation is 1. The van der Waals surface area contributed by atoms with E-state index in [1.54, 1.807) is 0 Å². The summed E-state index contributed by atoms with van der Waals surface area (Å²) in [6.07, 6.45) is 0.964. The first-order valence-corrected chi connectivity index (χ1v) is 6.57. The Labute approximate surface area is 112 Å². The molecule has 3 aromatic carbocycles. The SMILES string of the molecule is Cc1cc2ccc3c(c2cc1O)Cc1ccccc1-3. The zero-order chi connectivity index (χ0) is 13.0. The van der Waals surface area contributed by atoms with Gasteiger partial charge in [-0.15, -0.1) is 0 Å². The third-order valence-corrected chi connectivity index (χ3v) is 4.12. The van der Waals surface area contributed by atoms with E-state index >= 15 is 0 Å². The van der Waals surface area contributed by atoms with Crippen LogP contribution in [0.15, 0.2) is 48.5 Å². The van der Waals surface area contributed by atoms with Gasteiger partial charge in [0.05, 0.1) is 0 Å². The smallest absolute Gasteiger partial charge is 0.119 e. The van der Waals surface area contributed by atoms with Gasteiger partial charge < -0.3 is 5.11 Å². The first-order chi connectivity index (χ1) is 9.24. The summed E-state index contributed by atoms with van der Waals surface area (Å²) in [5.74, 6) is 0.386. The predicted octanol–water partition coefficient (Wildman–Crippen LogP) is 4.43. The second-order valence-corrected chi connectivity index (χ2v) is 5.29. The fraction of sp³-hybridized carbons (Fsp3) is 0.111. The quantitative estimate of drug-likeness (QED) is 0.487. The van der Waals surface area contributed by atoms with Gasteiger partial charge in [-0.2, -0.15) is 0 Å². The largest absolute Gasteiger partial charge is 0.508 e. The highest BCUT2D eigenvalue weighted by molar-refractivity contribution is 5.96. The molecule has 19 heavy (non-hydrogen) atoms. The molecule has 0 saturated heterocycles. The summed E-state index contributed by atoms with van der Waals surface area (Å²) >= 11 is 0. The van der Waals surface area contributed by atoms with Gasteiger partial charge in [0.15, 0.2) is 0 Å². The number of aromatic hydroxyl groups is 1. The molecule has 0 aromatic heterocycles. The third kappa shape index (κ3) is 1.42. The Balaban J connectivity index is 2.08. The van der Waals surface area contributed by atoms with Crippen LogP contribution in [0.3, 0.4) is 0 Å². The lowest BCUT2D eigenvalue weighted by molar-refractivity contribution is 0.472. The molecule has 1 heteroatoms. The Kier molecular flexibility index (Phi) is 2.02. The van der Waals surface area contributed by atoms with Crippen molar-refractivity contribution in [2.75, 3.05) is 0 Å². The van der Waals surface area contributed by atoms with Crippen LogP contribution in [0, 0.1) is 6.92 Å². The van der Waals surface area contributed by atoms with Gasteiger partial charge in [-0.1, -0.05) is 36.4 Å². The highest BCUT2D eigenvalue weighted by atomic mass is 16.3. The molecule has 0 heterocycles. The van der Waals surface area contributed by atoms with E-state index in [0.717, 1.165) is 12.0 Å². The first-order valence-electron chi connectivity index (χ1n) is 6.57. The minimum Gasteiger partial charge on any atom is -0.508 e. The van der Waals surface area contributed by atoms with Gasteiger partial charge in [0, 0.05) is 0 Å². The van der Waals surface area contributed by atoms with Gasteiger partial charge in [-0.3, -0.25) is 0 Å². The van der Waals surface area contributed by atoms with E-state index in [9.17, 15) is 5.11 Å². The molecule has 0 bridgehead atoms. The van der Waals surface area contributed by atoms with Crippen molar-refractivity contribution < 1.29 is 5.11 Å². The molecule has 0 aliphatic heterocycles. The maximum Gasteiger partial charge on any atom is 0.119 e. The van der Waals surface area contributed by atoms with Crippen molar-refractivity contribution in [1.82, 2.24) is 0 Å². The summed E-state index contributed by atoms with van der Waals surface area (Å²) in [6, 6.07) is 16.9. The van der Waals surface area contributed by atoms with Crippen LogP contribution in [0.4, 0.5) is 0 Å². The van der Waals surface area contributed by atoms with Gasteiger partial charge in [0.25, 0.3) is 0 Å². The zero-order valence-electron chi connectivity index (χ0n) is 10.8. The molecule has 4 rings (SSSR count). The Morgan fingerprint density at radius 3 is 2.68 bits per heavy atom. The highest BCUT2D eigenvalue weighted by Gasteiger charge is 2.20. The first kappa shape index (κ1) is 10.6. The molecule has 1 aliphatic rings. The Bertz CT molecular complexity index is 815. The van der Waals surface area contributed by atoms with Crippen LogP contribution < -0.4 is 0 Å². The summed E-state index contributed by atoms with van der Waals surface area (Å²) in [6.45, 7) is 1.94.